The van der Waals surface area contributed by atoms with Crippen molar-refractivity contribution in [2.45, 2.75) is 25.8 Å². The molecule has 0 saturated carbocycles. The molecular formula is C16H21FN2O. The van der Waals surface area contributed by atoms with Crippen molar-refractivity contribution in [1.82, 2.24) is 10.2 Å². The predicted molar refractivity (Wildman–Crippen MR) is 77.8 cm³/mol. The van der Waals surface area contributed by atoms with Crippen LogP contribution in [-0.4, -0.2) is 30.4 Å². The Hall–Kier alpha value is -1.68. The molecule has 3 nitrogen and oxygen atoms in total. The zero-order valence-electron chi connectivity index (χ0n) is 11.8. The molecule has 1 heterocycles. The van der Waals surface area contributed by atoms with Gasteiger partial charge in [0.2, 0.25) is 5.91 Å². The SMILES string of the molecule is C/C=C/C(=O)NCC(c1ccc(F)cc1)N1CCCC1. The van der Waals surface area contributed by atoms with E-state index in [0.717, 1.165) is 18.7 Å². The third kappa shape index (κ3) is 3.90. The molecule has 1 aliphatic rings. The van der Waals surface area contributed by atoms with Gasteiger partial charge in [-0.1, -0.05) is 18.2 Å². The fourth-order valence-electron chi connectivity index (χ4n) is 2.60. The average molecular weight is 276 g/mol. The first-order valence-corrected chi connectivity index (χ1v) is 7.10. The molecule has 1 aromatic rings. The van der Waals surface area contributed by atoms with Gasteiger partial charge in [0, 0.05) is 6.54 Å². The lowest BCUT2D eigenvalue weighted by Gasteiger charge is -2.28. The highest BCUT2D eigenvalue weighted by Crippen LogP contribution is 2.24. The molecule has 0 bridgehead atoms. The largest absolute Gasteiger partial charge is 0.351 e. The highest BCUT2D eigenvalue weighted by Gasteiger charge is 2.23. The molecule has 2 rings (SSSR count). The summed E-state index contributed by atoms with van der Waals surface area (Å²) in [5, 5.41) is 2.91. The van der Waals surface area contributed by atoms with E-state index in [1.54, 1.807) is 18.2 Å². The Morgan fingerprint density at radius 3 is 2.60 bits per heavy atom. The van der Waals surface area contributed by atoms with Gasteiger partial charge >= 0.3 is 0 Å². The molecule has 0 aliphatic carbocycles. The Balaban J connectivity index is 2.08. The summed E-state index contributed by atoms with van der Waals surface area (Å²) in [5.41, 5.74) is 1.05. The van der Waals surface area contributed by atoms with Crippen LogP contribution in [0.3, 0.4) is 0 Å². The van der Waals surface area contributed by atoms with Gasteiger partial charge in [-0.25, -0.2) is 4.39 Å². The molecule has 1 atom stereocenters. The number of hydrogen-bond acceptors (Lipinski definition) is 2. The van der Waals surface area contributed by atoms with Crippen molar-refractivity contribution in [2.75, 3.05) is 19.6 Å². The number of amides is 1. The van der Waals surface area contributed by atoms with Gasteiger partial charge in [-0.3, -0.25) is 9.69 Å². The maximum atomic E-state index is 13.0. The quantitative estimate of drug-likeness (QED) is 0.839. The molecule has 1 aromatic carbocycles. The van der Waals surface area contributed by atoms with Crippen molar-refractivity contribution in [3.8, 4) is 0 Å². The van der Waals surface area contributed by atoms with Crippen LogP contribution in [-0.2, 0) is 4.79 Å². The van der Waals surface area contributed by atoms with Gasteiger partial charge in [0.25, 0.3) is 0 Å². The Labute approximate surface area is 119 Å². The second kappa shape index (κ2) is 7.20. The second-order valence-electron chi connectivity index (χ2n) is 5.06. The number of hydrogen-bond donors (Lipinski definition) is 1. The van der Waals surface area contributed by atoms with E-state index in [4.69, 9.17) is 0 Å². The molecule has 1 amide bonds. The van der Waals surface area contributed by atoms with E-state index in [9.17, 15) is 9.18 Å². The first kappa shape index (κ1) is 14.7. The molecule has 1 fully saturated rings. The van der Waals surface area contributed by atoms with Crippen LogP contribution < -0.4 is 5.32 Å². The average Bonchev–Trinajstić information content (AvgIpc) is 2.95. The molecule has 108 valence electrons. The van der Waals surface area contributed by atoms with Crippen molar-refractivity contribution < 1.29 is 9.18 Å². The van der Waals surface area contributed by atoms with Crippen molar-refractivity contribution in [3.05, 3.63) is 47.8 Å². The summed E-state index contributed by atoms with van der Waals surface area (Å²) in [7, 11) is 0. The number of likely N-dealkylation sites (tertiary alicyclic amines) is 1. The van der Waals surface area contributed by atoms with Crippen molar-refractivity contribution in [2.24, 2.45) is 0 Å². The van der Waals surface area contributed by atoms with Crippen LogP contribution in [0.1, 0.15) is 31.4 Å². The summed E-state index contributed by atoms with van der Waals surface area (Å²) < 4.78 is 13.0. The van der Waals surface area contributed by atoms with E-state index in [0.29, 0.717) is 6.54 Å². The van der Waals surface area contributed by atoms with E-state index < -0.39 is 0 Å². The predicted octanol–water partition coefficient (Wildman–Crippen LogP) is 2.65. The first-order chi connectivity index (χ1) is 9.70. The molecular weight excluding hydrogens is 255 g/mol. The molecule has 4 heteroatoms. The number of carbonyl (C=O) groups excluding carboxylic acids is 1. The summed E-state index contributed by atoms with van der Waals surface area (Å²) in [4.78, 5) is 13.9. The van der Waals surface area contributed by atoms with Crippen molar-refractivity contribution in [3.63, 3.8) is 0 Å². The van der Waals surface area contributed by atoms with Gasteiger partial charge in [-0.2, -0.15) is 0 Å². The Morgan fingerprint density at radius 2 is 2.00 bits per heavy atom. The number of benzene rings is 1. The van der Waals surface area contributed by atoms with E-state index in [-0.39, 0.29) is 17.8 Å². The molecule has 1 unspecified atom stereocenters. The minimum Gasteiger partial charge on any atom is -0.351 e. The summed E-state index contributed by atoms with van der Waals surface area (Å²) in [6.45, 7) is 4.43. The van der Waals surface area contributed by atoms with Gasteiger partial charge in [0.15, 0.2) is 0 Å². The van der Waals surface area contributed by atoms with E-state index in [1.165, 1.54) is 31.1 Å². The van der Waals surface area contributed by atoms with Gasteiger partial charge in [-0.05, 0) is 56.6 Å². The number of carbonyl (C=O) groups is 1. The Bertz CT molecular complexity index is 464. The standard InChI is InChI=1S/C16H21FN2O/c1-2-5-16(20)18-12-15(19-10-3-4-11-19)13-6-8-14(17)9-7-13/h2,5-9,15H,3-4,10-12H2,1H3,(H,18,20)/b5-2+. The van der Waals surface area contributed by atoms with E-state index in [1.807, 2.05) is 6.92 Å². The third-order valence-corrected chi connectivity index (χ3v) is 3.62. The van der Waals surface area contributed by atoms with Crippen LogP contribution in [0.4, 0.5) is 4.39 Å². The molecule has 0 aromatic heterocycles. The topological polar surface area (TPSA) is 32.3 Å². The van der Waals surface area contributed by atoms with Crippen LogP contribution in [0.5, 0.6) is 0 Å². The smallest absolute Gasteiger partial charge is 0.243 e. The summed E-state index contributed by atoms with van der Waals surface area (Å²) in [5.74, 6) is -0.314. The van der Waals surface area contributed by atoms with Crippen LogP contribution in [0, 0.1) is 5.82 Å². The van der Waals surface area contributed by atoms with E-state index >= 15 is 0 Å². The molecule has 1 aliphatic heterocycles. The van der Waals surface area contributed by atoms with Crippen molar-refractivity contribution >= 4 is 5.91 Å². The molecule has 0 radical (unpaired) electrons. The van der Waals surface area contributed by atoms with Crippen LogP contribution in [0.2, 0.25) is 0 Å². The number of halogens is 1. The van der Waals surface area contributed by atoms with E-state index in [2.05, 4.69) is 10.2 Å². The maximum absolute atomic E-state index is 13.0. The lowest BCUT2D eigenvalue weighted by atomic mass is 10.1. The number of allylic oxidation sites excluding steroid dienone is 1. The molecule has 1 N–H and O–H groups in total. The van der Waals surface area contributed by atoms with Gasteiger partial charge in [0.05, 0.1) is 6.04 Å². The van der Waals surface area contributed by atoms with Gasteiger partial charge in [0.1, 0.15) is 5.82 Å². The Kier molecular flexibility index (Phi) is 5.30. The highest BCUT2D eigenvalue weighted by atomic mass is 19.1. The molecule has 1 saturated heterocycles. The third-order valence-electron chi connectivity index (χ3n) is 3.62. The zero-order valence-corrected chi connectivity index (χ0v) is 11.8. The highest BCUT2D eigenvalue weighted by molar-refractivity contribution is 5.87. The summed E-state index contributed by atoms with van der Waals surface area (Å²) >= 11 is 0. The lowest BCUT2D eigenvalue weighted by Crippen LogP contribution is -2.36. The summed E-state index contributed by atoms with van der Waals surface area (Å²) in [6.07, 6.45) is 5.60. The molecule has 20 heavy (non-hydrogen) atoms. The Morgan fingerprint density at radius 1 is 1.35 bits per heavy atom. The summed E-state index contributed by atoms with van der Waals surface area (Å²) in [6, 6.07) is 6.69. The van der Waals surface area contributed by atoms with Crippen LogP contribution in [0.15, 0.2) is 36.4 Å². The lowest BCUT2D eigenvalue weighted by molar-refractivity contribution is -0.116. The minimum absolute atomic E-state index is 0.0844. The first-order valence-electron chi connectivity index (χ1n) is 7.10. The normalized spacial score (nSPS) is 17.5. The van der Waals surface area contributed by atoms with Gasteiger partial charge in [-0.15, -0.1) is 0 Å². The monoisotopic (exact) mass is 276 g/mol. The number of nitrogens with one attached hydrogen (secondary N) is 1. The fourth-order valence-corrected chi connectivity index (χ4v) is 2.60. The van der Waals surface area contributed by atoms with Crippen molar-refractivity contribution in [1.29, 1.82) is 0 Å². The number of rotatable bonds is 5. The van der Waals surface area contributed by atoms with Gasteiger partial charge < -0.3 is 5.32 Å². The second-order valence-corrected chi connectivity index (χ2v) is 5.06. The van der Waals surface area contributed by atoms with Crippen LogP contribution in [0.25, 0.3) is 0 Å². The van der Waals surface area contributed by atoms with Crippen LogP contribution >= 0.6 is 0 Å². The maximum Gasteiger partial charge on any atom is 0.243 e. The molecule has 0 spiro atoms. The number of nitrogens with zero attached hydrogens (tertiary/aromatic N) is 1. The minimum atomic E-state index is -0.230. The fraction of sp³-hybridized carbons (Fsp3) is 0.438. The zero-order chi connectivity index (χ0) is 14.4.